The number of nitriles is 1. The molecule has 0 spiro atoms. The van der Waals surface area contributed by atoms with Gasteiger partial charge in [0.05, 0.1) is 19.0 Å². The summed E-state index contributed by atoms with van der Waals surface area (Å²) in [6, 6.07) is 4.58. The summed E-state index contributed by atoms with van der Waals surface area (Å²) in [6.07, 6.45) is 2.43. The predicted octanol–water partition coefficient (Wildman–Crippen LogP) is 2.09. The van der Waals surface area contributed by atoms with Crippen LogP contribution in [0, 0.1) is 11.3 Å². The largest absolute Gasteiger partial charge is 0.354 e. The van der Waals surface area contributed by atoms with Gasteiger partial charge in [-0.1, -0.05) is 6.92 Å². The summed E-state index contributed by atoms with van der Waals surface area (Å²) >= 11 is 1.82. The molecular formula is C14H19N3OS. The first-order chi connectivity index (χ1) is 9.26. The quantitative estimate of drug-likeness (QED) is 0.838. The molecule has 0 radical (unpaired) electrons. The third-order valence-electron chi connectivity index (χ3n) is 3.50. The Morgan fingerprint density at radius 2 is 2.53 bits per heavy atom. The van der Waals surface area contributed by atoms with Gasteiger partial charge in [0.2, 0.25) is 5.91 Å². The first-order valence-electron chi connectivity index (χ1n) is 6.70. The van der Waals surface area contributed by atoms with Crippen molar-refractivity contribution in [3.63, 3.8) is 0 Å². The van der Waals surface area contributed by atoms with Gasteiger partial charge in [0.1, 0.15) is 0 Å². The maximum Gasteiger partial charge on any atom is 0.234 e. The van der Waals surface area contributed by atoms with Crippen molar-refractivity contribution in [1.29, 1.82) is 5.26 Å². The van der Waals surface area contributed by atoms with Gasteiger partial charge in [0, 0.05) is 24.0 Å². The van der Waals surface area contributed by atoms with E-state index in [0.717, 1.165) is 19.4 Å². The second-order valence-corrected chi connectivity index (χ2v) is 5.70. The third-order valence-corrected chi connectivity index (χ3v) is 4.49. The van der Waals surface area contributed by atoms with E-state index in [1.165, 1.54) is 10.4 Å². The lowest BCUT2D eigenvalue weighted by atomic mass is 9.98. The highest BCUT2D eigenvalue weighted by Gasteiger charge is 2.27. The van der Waals surface area contributed by atoms with E-state index in [2.05, 4.69) is 28.6 Å². The zero-order valence-corrected chi connectivity index (χ0v) is 12.0. The summed E-state index contributed by atoms with van der Waals surface area (Å²) in [4.78, 5) is 15.6. The van der Waals surface area contributed by atoms with Crippen molar-refractivity contribution < 1.29 is 4.79 Å². The highest BCUT2D eigenvalue weighted by atomic mass is 32.1. The number of hydrogen-bond acceptors (Lipinski definition) is 4. The summed E-state index contributed by atoms with van der Waals surface area (Å²) in [5.41, 5.74) is 1.39. The zero-order valence-electron chi connectivity index (χ0n) is 11.2. The minimum Gasteiger partial charge on any atom is -0.354 e. The smallest absolute Gasteiger partial charge is 0.234 e. The fraction of sp³-hybridized carbons (Fsp3) is 0.571. The lowest BCUT2D eigenvalue weighted by Gasteiger charge is -2.34. The molecule has 0 saturated heterocycles. The number of carbonyl (C=O) groups is 1. The van der Waals surface area contributed by atoms with E-state index in [4.69, 9.17) is 5.26 Å². The van der Waals surface area contributed by atoms with E-state index >= 15 is 0 Å². The molecule has 1 aliphatic rings. The van der Waals surface area contributed by atoms with E-state index in [1.807, 2.05) is 17.4 Å². The lowest BCUT2D eigenvalue weighted by Crippen LogP contribution is -2.42. The monoisotopic (exact) mass is 277 g/mol. The molecule has 0 fully saturated rings. The van der Waals surface area contributed by atoms with Gasteiger partial charge in [-0.05, 0) is 29.9 Å². The van der Waals surface area contributed by atoms with Gasteiger partial charge in [-0.25, -0.2) is 0 Å². The Labute approximate surface area is 118 Å². The molecule has 1 amide bonds. The molecule has 1 N–H and O–H groups in total. The van der Waals surface area contributed by atoms with Gasteiger partial charge < -0.3 is 5.32 Å². The Morgan fingerprint density at radius 1 is 1.68 bits per heavy atom. The van der Waals surface area contributed by atoms with Crippen LogP contribution in [0.3, 0.4) is 0 Å². The molecular weight excluding hydrogens is 258 g/mol. The Bertz CT molecular complexity index is 477. The molecule has 5 heteroatoms. The van der Waals surface area contributed by atoms with E-state index in [1.54, 1.807) is 0 Å². The molecule has 0 aliphatic carbocycles. The van der Waals surface area contributed by atoms with E-state index in [9.17, 15) is 4.79 Å². The number of thiophene rings is 1. The van der Waals surface area contributed by atoms with Crippen molar-refractivity contribution in [1.82, 2.24) is 10.2 Å². The van der Waals surface area contributed by atoms with E-state index in [-0.39, 0.29) is 5.91 Å². The Balaban J connectivity index is 1.94. The summed E-state index contributed by atoms with van der Waals surface area (Å²) < 4.78 is 0. The van der Waals surface area contributed by atoms with Crippen LogP contribution in [0.2, 0.25) is 0 Å². The van der Waals surface area contributed by atoms with Crippen molar-refractivity contribution in [2.45, 2.75) is 32.2 Å². The van der Waals surface area contributed by atoms with Crippen LogP contribution in [-0.2, 0) is 11.2 Å². The Morgan fingerprint density at radius 3 is 3.26 bits per heavy atom. The fourth-order valence-corrected chi connectivity index (χ4v) is 3.54. The van der Waals surface area contributed by atoms with Crippen molar-refractivity contribution >= 4 is 17.2 Å². The highest BCUT2D eigenvalue weighted by Crippen LogP contribution is 2.34. The SMILES string of the molecule is CC[C@H]1c2ccsc2CCN1CC(=O)NCCC#N. The van der Waals surface area contributed by atoms with Crippen LogP contribution in [0.25, 0.3) is 0 Å². The normalized spacial score (nSPS) is 18.6. The number of fused-ring (bicyclic) bond motifs is 1. The van der Waals surface area contributed by atoms with Crippen molar-refractivity contribution in [2.24, 2.45) is 0 Å². The molecule has 2 rings (SSSR count). The zero-order chi connectivity index (χ0) is 13.7. The van der Waals surface area contributed by atoms with Crippen LogP contribution < -0.4 is 5.32 Å². The second kappa shape index (κ2) is 6.69. The number of rotatable bonds is 5. The first-order valence-corrected chi connectivity index (χ1v) is 7.58. The minimum atomic E-state index is 0.0207. The number of carbonyl (C=O) groups excluding carboxylic acids is 1. The maximum atomic E-state index is 11.8. The van der Waals surface area contributed by atoms with Crippen LogP contribution in [0.15, 0.2) is 11.4 Å². The van der Waals surface area contributed by atoms with E-state index in [0.29, 0.717) is 25.6 Å². The van der Waals surface area contributed by atoms with Crippen LogP contribution in [0.4, 0.5) is 0 Å². The first kappa shape index (κ1) is 14.0. The number of hydrogen-bond donors (Lipinski definition) is 1. The van der Waals surface area contributed by atoms with Crippen LogP contribution in [-0.4, -0.2) is 30.4 Å². The molecule has 102 valence electrons. The number of nitrogens with one attached hydrogen (secondary N) is 1. The van der Waals surface area contributed by atoms with Crippen LogP contribution in [0.5, 0.6) is 0 Å². The lowest BCUT2D eigenvalue weighted by molar-refractivity contribution is -0.122. The molecule has 19 heavy (non-hydrogen) atoms. The van der Waals surface area contributed by atoms with E-state index < -0.39 is 0 Å². The topological polar surface area (TPSA) is 56.1 Å². The van der Waals surface area contributed by atoms with Crippen molar-refractivity contribution in [3.05, 3.63) is 21.9 Å². The molecule has 1 aromatic heterocycles. The molecule has 0 saturated carbocycles. The van der Waals surface area contributed by atoms with Gasteiger partial charge in [-0.3, -0.25) is 9.69 Å². The number of nitrogens with zero attached hydrogens (tertiary/aromatic N) is 2. The molecule has 4 nitrogen and oxygen atoms in total. The molecule has 1 atom stereocenters. The van der Waals surface area contributed by atoms with Crippen LogP contribution >= 0.6 is 11.3 Å². The van der Waals surface area contributed by atoms with Gasteiger partial charge in [0.15, 0.2) is 0 Å². The highest BCUT2D eigenvalue weighted by molar-refractivity contribution is 7.10. The summed E-state index contributed by atoms with van der Waals surface area (Å²) in [5.74, 6) is 0.0207. The second-order valence-electron chi connectivity index (χ2n) is 4.70. The third kappa shape index (κ3) is 3.34. The molecule has 0 unspecified atom stereocenters. The van der Waals surface area contributed by atoms with Gasteiger partial charge in [0.25, 0.3) is 0 Å². The minimum absolute atomic E-state index is 0.0207. The summed E-state index contributed by atoms with van der Waals surface area (Å²) in [7, 11) is 0. The number of amides is 1. The summed E-state index contributed by atoms with van der Waals surface area (Å²) in [6.45, 7) is 3.98. The van der Waals surface area contributed by atoms with Crippen molar-refractivity contribution in [2.75, 3.05) is 19.6 Å². The average Bonchev–Trinajstić information content (AvgIpc) is 2.87. The predicted molar refractivity (Wildman–Crippen MR) is 75.9 cm³/mol. The molecule has 0 aromatic carbocycles. The average molecular weight is 277 g/mol. The molecule has 0 bridgehead atoms. The Kier molecular flexibility index (Phi) is 4.94. The fourth-order valence-electron chi connectivity index (χ4n) is 2.61. The van der Waals surface area contributed by atoms with Gasteiger partial charge in [-0.15, -0.1) is 11.3 Å². The standard InChI is InChI=1S/C14H19N3OS/c1-2-12-11-5-9-19-13(11)4-8-17(12)10-14(18)16-7-3-6-15/h5,9,12H,2-4,7-8,10H2,1H3,(H,16,18)/t12-/m0/s1. The molecule has 2 heterocycles. The summed E-state index contributed by atoms with van der Waals surface area (Å²) in [5, 5.41) is 13.4. The van der Waals surface area contributed by atoms with Gasteiger partial charge in [-0.2, -0.15) is 5.26 Å². The molecule has 1 aliphatic heterocycles. The maximum absolute atomic E-state index is 11.8. The van der Waals surface area contributed by atoms with Crippen LogP contribution in [0.1, 0.15) is 36.2 Å². The molecule has 1 aromatic rings. The van der Waals surface area contributed by atoms with Gasteiger partial charge >= 0.3 is 0 Å². The Hall–Kier alpha value is -1.38. The van der Waals surface area contributed by atoms with Crippen molar-refractivity contribution in [3.8, 4) is 6.07 Å².